The molecule has 1 aliphatic rings. The van der Waals surface area contributed by atoms with Crippen LogP contribution in [-0.4, -0.2) is 40.2 Å². The Balaban J connectivity index is 1.55. The van der Waals surface area contributed by atoms with Crippen molar-refractivity contribution in [1.29, 1.82) is 0 Å². The fourth-order valence-electron chi connectivity index (χ4n) is 3.55. The molecule has 1 heterocycles. The first-order valence-corrected chi connectivity index (χ1v) is 12.1. The Morgan fingerprint density at radius 2 is 1.72 bits per heavy atom. The molecule has 12 heteroatoms. The molecule has 3 amide bonds. The number of likely N-dealkylation sites (N-methyl/N-ethyl adjacent to an activating group) is 1. The van der Waals surface area contributed by atoms with Crippen molar-refractivity contribution in [3.05, 3.63) is 83.9 Å². The van der Waals surface area contributed by atoms with E-state index >= 15 is 0 Å². The summed E-state index contributed by atoms with van der Waals surface area (Å²) in [6.45, 7) is 0.0508. The highest BCUT2D eigenvalue weighted by Crippen LogP contribution is 2.35. The van der Waals surface area contributed by atoms with E-state index in [1.54, 1.807) is 53.3 Å². The maximum absolute atomic E-state index is 14.0. The minimum atomic E-state index is -4.77. The van der Waals surface area contributed by atoms with Crippen LogP contribution in [0.15, 0.2) is 71.6 Å². The number of amides is 3. The van der Waals surface area contributed by atoms with Gasteiger partial charge in [-0.25, -0.2) is 26.7 Å². The molecule has 2 N–H and O–H groups in total. The van der Waals surface area contributed by atoms with Crippen molar-refractivity contribution in [1.82, 2.24) is 10.0 Å². The van der Waals surface area contributed by atoms with Crippen molar-refractivity contribution in [3.8, 4) is 11.5 Å². The highest BCUT2D eigenvalue weighted by molar-refractivity contribution is 7.90. The van der Waals surface area contributed by atoms with E-state index in [9.17, 15) is 26.8 Å². The zero-order valence-electron chi connectivity index (χ0n) is 18.9. The second kappa shape index (κ2) is 10.2. The standard InChI is InChI=1S/C24H21F2N3O6S/c1-29(17-8-10-20-21(13-17)35-14-34-20)23(30)19(11-15-5-3-2-4-6-15)27-24(31)28-36(32,33)22-12-16(25)7-9-18(22)26/h2-10,12-13,19H,11,14H2,1H3,(H2,27,28,31). The lowest BCUT2D eigenvalue weighted by Crippen LogP contribution is -2.52. The summed E-state index contributed by atoms with van der Waals surface area (Å²) < 4.78 is 64.7. The lowest BCUT2D eigenvalue weighted by molar-refractivity contribution is -0.120. The van der Waals surface area contributed by atoms with Crippen molar-refractivity contribution < 1.29 is 36.3 Å². The largest absolute Gasteiger partial charge is 0.454 e. The van der Waals surface area contributed by atoms with Gasteiger partial charge in [0, 0.05) is 25.2 Å². The molecule has 9 nitrogen and oxygen atoms in total. The molecular weight excluding hydrogens is 496 g/mol. The third kappa shape index (κ3) is 5.54. The normalized spacial score (nSPS) is 13.1. The molecule has 4 rings (SSSR count). The topological polar surface area (TPSA) is 114 Å². The Morgan fingerprint density at radius 1 is 1.00 bits per heavy atom. The van der Waals surface area contributed by atoms with E-state index in [1.807, 2.05) is 0 Å². The molecular formula is C24H21F2N3O6S. The summed E-state index contributed by atoms with van der Waals surface area (Å²) in [5.74, 6) is -1.84. The number of benzene rings is 3. The van der Waals surface area contributed by atoms with Gasteiger partial charge in [0.05, 0.1) is 0 Å². The number of hydrogen-bond acceptors (Lipinski definition) is 6. The van der Waals surface area contributed by atoms with Crippen LogP contribution in [0.1, 0.15) is 5.56 Å². The fourth-order valence-corrected chi connectivity index (χ4v) is 4.56. The van der Waals surface area contributed by atoms with E-state index < -0.39 is 44.5 Å². The zero-order valence-corrected chi connectivity index (χ0v) is 19.7. The van der Waals surface area contributed by atoms with Crippen LogP contribution in [0.5, 0.6) is 11.5 Å². The molecule has 0 saturated carbocycles. The molecule has 3 aromatic rings. The highest BCUT2D eigenvalue weighted by atomic mass is 32.2. The number of fused-ring (bicyclic) bond motifs is 1. The van der Waals surface area contributed by atoms with Crippen LogP contribution in [0.2, 0.25) is 0 Å². The van der Waals surface area contributed by atoms with Gasteiger partial charge >= 0.3 is 6.03 Å². The predicted molar refractivity (Wildman–Crippen MR) is 125 cm³/mol. The Hall–Kier alpha value is -4.19. The van der Waals surface area contributed by atoms with E-state index in [2.05, 4.69) is 5.32 Å². The van der Waals surface area contributed by atoms with Crippen LogP contribution in [0.4, 0.5) is 19.3 Å². The van der Waals surface area contributed by atoms with Crippen LogP contribution in [-0.2, 0) is 21.2 Å². The number of ether oxygens (including phenoxy) is 2. The van der Waals surface area contributed by atoms with Gasteiger partial charge in [0.2, 0.25) is 12.7 Å². The summed E-state index contributed by atoms with van der Waals surface area (Å²) in [5, 5.41) is 2.34. The lowest BCUT2D eigenvalue weighted by Gasteiger charge is -2.25. The molecule has 0 bridgehead atoms. The van der Waals surface area contributed by atoms with Gasteiger partial charge in [0.25, 0.3) is 10.0 Å². The average molecular weight is 518 g/mol. The third-order valence-electron chi connectivity index (χ3n) is 5.37. The van der Waals surface area contributed by atoms with Crippen LogP contribution in [0.3, 0.4) is 0 Å². The smallest absolute Gasteiger partial charge is 0.329 e. The number of anilines is 1. The predicted octanol–water partition coefficient (Wildman–Crippen LogP) is 2.96. The van der Waals surface area contributed by atoms with E-state index in [-0.39, 0.29) is 13.2 Å². The van der Waals surface area contributed by atoms with Crippen LogP contribution >= 0.6 is 0 Å². The summed E-state index contributed by atoms with van der Waals surface area (Å²) in [6.07, 6.45) is 0.0242. The van der Waals surface area contributed by atoms with Gasteiger partial charge in [-0.2, -0.15) is 0 Å². The summed E-state index contributed by atoms with van der Waals surface area (Å²) in [5.41, 5.74) is 1.13. The zero-order chi connectivity index (χ0) is 25.9. The molecule has 188 valence electrons. The number of urea groups is 1. The number of sulfonamides is 1. The fraction of sp³-hybridized carbons (Fsp3) is 0.167. The number of halogens is 2. The van der Waals surface area contributed by atoms with Gasteiger partial charge in [-0.05, 0) is 35.9 Å². The summed E-state index contributed by atoms with van der Waals surface area (Å²) in [6, 6.07) is 12.9. The molecule has 1 unspecified atom stereocenters. The van der Waals surface area contributed by atoms with Crippen molar-refractivity contribution in [3.63, 3.8) is 0 Å². The Kier molecular flexibility index (Phi) is 7.06. The lowest BCUT2D eigenvalue weighted by atomic mass is 10.0. The maximum atomic E-state index is 14.0. The van der Waals surface area contributed by atoms with Crippen molar-refractivity contribution >= 4 is 27.6 Å². The summed E-state index contributed by atoms with van der Waals surface area (Å²) >= 11 is 0. The number of carbonyl (C=O) groups is 2. The quantitative estimate of drug-likeness (QED) is 0.498. The van der Waals surface area contributed by atoms with Crippen LogP contribution in [0.25, 0.3) is 0 Å². The Bertz CT molecular complexity index is 1400. The minimum absolute atomic E-state index is 0.0242. The second-order valence-electron chi connectivity index (χ2n) is 7.83. The molecule has 1 aliphatic heterocycles. The van der Waals surface area contributed by atoms with E-state index in [1.165, 1.54) is 11.9 Å². The Labute approximate surface area is 205 Å². The molecule has 0 aromatic heterocycles. The maximum Gasteiger partial charge on any atom is 0.329 e. The minimum Gasteiger partial charge on any atom is -0.454 e. The second-order valence-corrected chi connectivity index (χ2v) is 9.48. The third-order valence-corrected chi connectivity index (χ3v) is 6.72. The van der Waals surface area contributed by atoms with Gasteiger partial charge < -0.3 is 19.7 Å². The summed E-state index contributed by atoms with van der Waals surface area (Å²) in [4.78, 5) is 26.2. The number of carbonyl (C=O) groups excluding carboxylic acids is 2. The van der Waals surface area contributed by atoms with Gasteiger partial charge in [-0.3, -0.25) is 4.79 Å². The molecule has 0 spiro atoms. The Morgan fingerprint density at radius 3 is 2.47 bits per heavy atom. The molecule has 0 radical (unpaired) electrons. The number of rotatable bonds is 7. The first-order chi connectivity index (χ1) is 17.1. The van der Waals surface area contributed by atoms with Gasteiger partial charge in [-0.1, -0.05) is 30.3 Å². The van der Waals surface area contributed by atoms with Gasteiger partial charge in [-0.15, -0.1) is 0 Å². The number of nitrogens with zero attached hydrogens (tertiary/aromatic N) is 1. The SMILES string of the molecule is CN(C(=O)C(Cc1ccccc1)NC(=O)NS(=O)(=O)c1cc(F)ccc1F)c1ccc2c(c1)OCO2. The van der Waals surface area contributed by atoms with Crippen molar-refractivity contribution in [2.24, 2.45) is 0 Å². The summed E-state index contributed by atoms with van der Waals surface area (Å²) in [7, 11) is -3.29. The molecule has 0 fully saturated rings. The first kappa shape index (κ1) is 24.9. The van der Waals surface area contributed by atoms with E-state index in [0.717, 1.165) is 6.07 Å². The average Bonchev–Trinajstić information content (AvgIpc) is 3.32. The molecule has 36 heavy (non-hydrogen) atoms. The van der Waals surface area contributed by atoms with E-state index in [0.29, 0.717) is 34.9 Å². The highest BCUT2D eigenvalue weighted by Gasteiger charge is 2.29. The molecule has 3 aromatic carbocycles. The monoisotopic (exact) mass is 517 g/mol. The molecule has 0 saturated heterocycles. The number of hydrogen-bond donors (Lipinski definition) is 2. The van der Waals surface area contributed by atoms with Crippen molar-refractivity contribution in [2.45, 2.75) is 17.4 Å². The van der Waals surface area contributed by atoms with Gasteiger partial charge in [0.15, 0.2) is 11.5 Å². The van der Waals surface area contributed by atoms with Gasteiger partial charge in [0.1, 0.15) is 22.6 Å². The molecule has 1 atom stereocenters. The van der Waals surface area contributed by atoms with Crippen LogP contribution < -0.4 is 24.4 Å². The van der Waals surface area contributed by atoms with Crippen LogP contribution in [0, 0.1) is 11.6 Å². The molecule has 0 aliphatic carbocycles. The van der Waals surface area contributed by atoms with E-state index in [4.69, 9.17) is 9.47 Å². The van der Waals surface area contributed by atoms with Crippen molar-refractivity contribution in [2.75, 3.05) is 18.7 Å². The first-order valence-electron chi connectivity index (χ1n) is 10.6. The number of nitrogens with one attached hydrogen (secondary N) is 2.